The minimum absolute atomic E-state index is 0.0742. The van der Waals surface area contributed by atoms with Gasteiger partial charge in [0, 0.05) is 4.47 Å². The Labute approximate surface area is 125 Å². The first-order chi connectivity index (χ1) is 9.40. The van der Waals surface area contributed by atoms with Crippen LogP contribution in [0.15, 0.2) is 34.8 Å². The predicted octanol–water partition coefficient (Wildman–Crippen LogP) is 4.77. The summed E-state index contributed by atoms with van der Waals surface area (Å²) in [5, 5.41) is 2.28. The summed E-state index contributed by atoms with van der Waals surface area (Å²) in [4.78, 5) is 11.9. The van der Waals surface area contributed by atoms with Gasteiger partial charge in [-0.3, -0.25) is 4.79 Å². The lowest BCUT2D eigenvalue weighted by Gasteiger charge is -2.08. The Kier molecular flexibility index (Phi) is 4.35. The lowest BCUT2D eigenvalue weighted by Crippen LogP contribution is -2.14. The Morgan fingerprint density at radius 1 is 1.10 bits per heavy atom. The number of hydrogen-bond donors (Lipinski definition) is 1. The zero-order valence-corrected chi connectivity index (χ0v) is 12.0. The summed E-state index contributed by atoms with van der Waals surface area (Å²) in [6, 6.07) is 6.17. The predicted molar refractivity (Wildman–Crippen MR) is 73.4 cm³/mol. The average molecular weight is 365 g/mol. The molecule has 7 heteroatoms. The summed E-state index contributed by atoms with van der Waals surface area (Å²) >= 11 is 9.01. The van der Waals surface area contributed by atoms with Crippen LogP contribution in [0.5, 0.6) is 0 Å². The van der Waals surface area contributed by atoms with Crippen molar-refractivity contribution in [2.45, 2.75) is 0 Å². The van der Waals surface area contributed by atoms with E-state index >= 15 is 0 Å². The van der Waals surface area contributed by atoms with E-state index in [0.29, 0.717) is 4.47 Å². The van der Waals surface area contributed by atoms with Gasteiger partial charge in [-0.1, -0.05) is 27.5 Å². The van der Waals surface area contributed by atoms with Gasteiger partial charge in [-0.2, -0.15) is 0 Å². The van der Waals surface area contributed by atoms with Crippen molar-refractivity contribution in [3.05, 3.63) is 62.8 Å². The van der Waals surface area contributed by atoms with Gasteiger partial charge in [0.05, 0.1) is 16.3 Å². The number of carbonyl (C=O) groups excluding carboxylic acids is 1. The Balaban J connectivity index is 2.33. The first kappa shape index (κ1) is 14.9. The van der Waals surface area contributed by atoms with Crippen molar-refractivity contribution in [1.29, 1.82) is 0 Å². The smallest absolute Gasteiger partial charge is 0.257 e. The molecule has 0 aliphatic carbocycles. The second-order valence-corrected chi connectivity index (χ2v) is 5.12. The first-order valence-electron chi connectivity index (χ1n) is 5.30. The molecule has 0 spiro atoms. The van der Waals surface area contributed by atoms with E-state index in [1.165, 1.54) is 12.1 Å². The standard InChI is InChI=1S/C13H6BrClF3NO/c14-6-1-2-8(15)7(5-6)13(20)19-10-4-3-9(16)11(17)12(10)18/h1-5H,(H,19,20). The van der Waals surface area contributed by atoms with Crippen LogP contribution in [0.1, 0.15) is 10.4 Å². The largest absolute Gasteiger partial charge is 0.319 e. The Morgan fingerprint density at radius 3 is 2.50 bits per heavy atom. The molecule has 0 aliphatic heterocycles. The quantitative estimate of drug-likeness (QED) is 0.764. The fraction of sp³-hybridized carbons (Fsp3) is 0. The van der Waals surface area contributed by atoms with Gasteiger partial charge in [0.25, 0.3) is 5.91 Å². The third-order valence-electron chi connectivity index (χ3n) is 2.46. The molecule has 0 saturated carbocycles. The molecule has 20 heavy (non-hydrogen) atoms. The van der Waals surface area contributed by atoms with Crippen molar-refractivity contribution in [2.75, 3.05) is 5.32 Å². The van der Waals surface area contributed by atoms with E-state index in [1.807, 2.05) is 0 Å². The van der Waals surface area contributed by atoms with E-state index in [9.17, 15) is 18.0 Å². The SMILES string of the molecule is O=C(Nc1ccc(F)c(F)c1F)c1cc(Br)ccc1Cl. The van der Waals surface area contributed by atoms with Crippen molar-refractivity contribution < 1.29 is 18.0 Å². The van der Waals surface area contributed by atoms with Gasteiger partial charge in [0.2, 0.25) is 0 Å². The van der Waals surface area contributed by atoms with E-state index in [-0.39, 0.29) is 10.6 Å². The fourth-order valence-corrected chi connectivity index (χ4v) is 2.05. The highest BCUT2D eigenvalue weighted by atomic mass is 79.9. The lowest BCUT2D eigenvalue weighted by molar-refractivity contribution is 0.102. The van der Waals surface area contributed by atoms with Gasteiger partial charge in [0.15, 0.2) is 17.5 Å². The third kappa shape index (κ3) is 2.96. The average Bonchev–Trinajstić information content (AvgIpc) is 2.42. The molecule has 2 aromatic rings. The summed E-state index contributed by atoms with van der Waals surface area (Å²) in [7, 11) is 0. The Bertz CT molecular complexity index is 694. The second-order valence-electron chi connectivity index (χ2n) is 3.80. The van der Waals surface area contributed by atoms with Gasteiger partial charge < -0.3 is 5.32 Å². The third-order valence-corrected chi connectivity index (χ3v) is 3.28. The zero-order chi connectivity index (χ0) is 14.9. The second kappa shape index (κ2) is 5.85. The van der Waals surface area contributed by atoms with Gasteiger partial charge >= 0.3 is 0 Å². The summed E-state index contributed by atoms with van der Waals surface area (Å²) < 4.78 is 39.9. The van der Waals surface area contributed by atoms with E-state index in [1.54, 1.807) is 6.07 Å². The molecule has 0 bridgehead atoms. The van der Waals surface area contributed by atoms with Gasteiger partial charge in [-0.15, -0.1) is 0 Å². The minimum atomic E-state index is -1.65. The van der Waals surface area contributed by atoms with Crippen LogP contribution in [0.25, 0.3) is 0 Å². The molecular weight excluding hydrogens is 358 g/mol. The number of carbonyl (C=O) groups is 1. The highest BCUT2D eigenvalue weighted by Crippen LogP contribution is 2.24. The number of hydrogen-bond acceptors (Lipinski definition) is 1. The molecule has 2 rings (SSSR count). The molecule has 0 heterocycles. The van der Waals surface area contributed by atoms with Crippen molar-refractivity contribution in [3.63, 3.8) is 0 Å². The van der Waals surface area contributed by atoms with E-state index in [4.69, 9.17) is 11.6 Å². The first-order valence-corrected chi connectivity index (χ1v) is 6.47. The van der Waals surface area contributed by atoms with Crippen LogP contribution in [-0.4, -0.2) is 5.91 Å². The maximum atomic E-state index is 13.4. The highest BCUT2D eigenvalue weighted by Gasteiger charge is 2.17. The highest BCUT2D eigenvalue weighted by molar-refractivity contribution is 9.10. The van der Waals surface area contributed by atoms with E-state index in [0.717, 1.165) is 12.1 Å². The van der Waals surface area contributed by atoms with Gasteiger partial charge in [-0.25, -0.2) is 13.2 Å². The van der Waals surface area contributed by atoms with Crippen molar-refractivity contribution in [3.8, 4) is 0 Å². The van der Waals surface area contributed by atoms with E-state index < -0.39 is 29.0 Å². The van der Waals surface area contributed by atoms with Crippen LogP contribution in [0.3, 0.4) is 0 Å². The normalized spacial score (nSPS) is 10.4. The van der Waals surface area contributed by atoms with Crippen molar-refractivity contribution >= 4 is 39.1 Å². The van der Waals surface area contributed by atoms with Crippen LogP contribution < -0.4 is 5.32 Å². The Hall–Kier alpha value is -1.53. The topological polar surface area (TPSA) is 29.1 Å². The van der Waals surface area contributed by atoms with Crippen molar-refractivity contribution in [2.24, 2.45) is 0 Å². The number of benzene rings is 2. The molecule has 1 amide bonds. The molecule has 0 radical (unpaired) electrons. The number of amides is 1. The molecule has 0 saturated heterocycles. The molecule has 0 fully saturated rings. The minimum Gasteiger partial charge on any atom is -0.319 e. The molecule has 0 unspecified atom stereocenters. The fourth-order valence-electron chi connectivity index (χ4n) is 1.48. The number of nitrogens with one attached hydrogen (secondary N) is 1. The number of anilines is 1. The summed E-state index contributed by atoms with van der Waals surface area (Å²) in [6.45, 7) is 0. The van der Waals surface area contributed by atoms with Gasteiger partial charge in [-0.05, 0) is 30.3 Å². The molecule has 2 aromatic carbocycles. The molecular formula is C13H6BrClF3NO. The zero-order valence-electron chi connectivity index (χ0n) is 9.68. The van der Waals surface area contributed by atoms with Crippen LogP contribution in [0, 0.1) is 17.5 Å². The maximum absolute atomic E-state index is 13.4. The molecule has 2 nitrogen and oxygen atoms in total. The summed E-state index contributed by atoms with van der Waals surface area (Å²) in [5.41, 5.74) is -0.393. The molecule has 104 valence electrons. The van der Waals surface area contributed by atoms with Crippen molar-refractivity contribution in [1.82, 2.24) is 0 Å². The van der Waals surface area contributed by atoms with Crippen LogP contribution >= 0.6 is 27.5 Å². The molecule has 0 aliphatic rings. The van der Waals surface area contributed by atoms with Crippen LogP contribution in [0.2, 0.25) is 5.02 Å². The van der Waals surface area contributed by atoms with E-state index in [2.05, 4.69) is 21.2 Å². The number of halogens is 5. The lowest BCUT2D eigenvalue weighted by atomic mass is 10.2. The Morgan fingerprint density at radius 2 is 1.80 bits per heavy atom. The van der Waals surface area contributed by atoms with Crippen LogP contribution in [-0.2, 0) is 0 Å². The maximum Gasteiger partial charge on any atom is 0.257 e. The van der Waals surface area contributed by atoms with Crippen LogP contribution in [0.4, 0.5) is 18.9 Å². The molecule has 1 N–H and O–H groups in total. The number of rotatable bonds is 2. The summed E-state index contributed by atoms with van der Waals surface area (Å²) in [5.74, 6) is -5.19. The summed E-state index contributed by atoms with van der Waals surface area (Å²) in [6.07, 6.45) is 0. The molecule has 0 atom stereocenters. The monoisotopic (exact) mass is 363 g/mol. The van der Waals surface area contributed by atoms with Gasteiger partial charge in [0.1, 0.15) is 0 Å². The molecule has 0 aromatic heterocycles.